The first kappa shape index (κ1) is 12.3. The van der Waals surface area contributed by atoms with Crippen molar-refractivity contribution in [2.24, 2.45) is 0 Å². The summed E-state index contributed by atoms with van der Waals surface area (Å²) in [6, 6.07) is 7.28. The van der Waals surface area contributed by atoms with Crippen LogP contribution in [0.5, 0.6) is 0 Å². The fraction of sp³-hybridized carbons (Fsp3) is 0.0769. The van der Waals surface area contributed by atoms with E-state index in [1.54, 1.807) is 16.8 Å². The SMILES string of the molecule is Cc1cnc2c(c1)nc(N)n2-c1cccc(Cl)c1Cl. The summed E-state index contributed by atoms with van der Waals surface area (Å²) < 4.78 is 1.70. The molecular weight excluding hydrogens is 283 g/mol. The van der Waals surface area contributed by atoms with Gasteiger partial charge in [0, 0.05) is 6.20 Å². The fourth-order valence-corrected chi connectivity index (χ4v) is 2.37. The number of fused-ring (bicyclic) bond motifs is 1. The van der Waals surface area contributed by atoms with Gasteiger partial charge in [-0.1, -0.05) is 29.3 Å². The highest BCUT2D eigenvalue weighted by molar-refractivity contribution is 6.43. The molecule has 0 aliphatic carbocycles. The third kappa shape index (κ3) is 1.93. The average molecular weight is 293 g/mol. The first-order valence-corrected chi connectivity index (χ1v) is 6.38. The van der Waals surface area contributed by atoms with Gasteiger partial charge in [-0.15, -0.1) is 0 Å². The summed E-state index contributed by atoms with van der Waals surface area (Å²) in [5.41, 5.74) is 9.05. The standard InChI is InChI=1S/C13H10Cl2N4/c1-7-5-9-12(17-6-7)19(13(16)18-9)10-4-2-3-8(14)11(10)15/h2-6H,1H3,(H2,16,18). The molecule has 2 heterocycles. The highest BCUT2D eigenvalue weighted by atomic mass is 35.5. The number of hydrogen-bond donors (Lipinski definition) is 1. The van der Waals surface area contributed by atoms with E-state index in [2.05, 4.69) is 9.97 Å². The molecule has 0 radical (unpaired) electrons. The molecule has 0 aliphatic heterocycles. The summed E-state index contributed by atoms with van der Waals surface area (Å²) in [7, 11) is 0. The van der Waals surface area contributed by atoms with Crippen LogP contribution < -0.4 is 5.73 Å². The van der Waals surface area contributed by atoms with Crippen molar-refractivity contribution < 1.29 is 0 Å². The minimum Gasteiger partial charge on any atom is -0.369 e. The summed E-state index contributed by atoms with van der Waals surface area (Å²) in [4.78, 5) is 8.67. The predicted molar refractivity (Wildman–Crippen MR) is 78.0 cm³/mol. The minimum absolute atomic E-state index is 0.331. The minimum atomic E-state index is 0.331. The second-order valence-electron chi connectivity index (χ2n) is 4.23. The molecule has 0 saturated carbocycles. The molecule has 2 N–H and O–H groups in total. The van der Waals surface area contributed by atoms with Crippen LogP contribution in [0.15, 0.2) is 30.5 Å². The molecule has 96 valence electrons. The maximum Gasteiger partial charge on any atom is 0.207 e. The number of imidazole rings is 1. The maximum absolute atomic E-state index is 6.22. The van der Waals surface area contributed by atoms with Gasteiger partial charge >= 0.3 is 0 Å². The number of nitrogens with two attached hydrogens (primary N) is 1. The van der Waals surface area contributed by atoms with Gasteiger partial charge in [-0.2, -0.15) is 0 Å². The predicted octanol–water partition coefficient (Wildman–Crippen LogP) is 3.62. The quantitative estimate of drug-likeness (QED) is 0.745. The van der Waals surface area contributed by atoms with Gasteiger partial charge < -0.3 is 5.73 Å². The van der Waals surface area contributed by atoms with Crippen molar-refractivity contribution in [3.05, 3.63) is 46.1 Å². The highest BCUT2D eigenvalue weighted by Crippen LogP contribution is 2.32. The normalized spacial score (nSPS) is 11.1. The maximum atomic E-state index is 6.22. The molecule has 4 nitrogen and oxygen atoms in total. The summed E-state index contributed by atoms with van der Waals surface area (Å²) in [5.74, 6) is 0.331. The number of aromatic nitrogens is 3. The molecule has 0 bridgehead atoms. The Hall–Kier alpha value is -1.78. The molecule has 2 aromatic heterocycles. The van der Waals surface area contributed by atoms with Crippen LogP contribution in [0.25, 0.3) is 16.9 Å². The Morgan fingerprint density at radius 2 is 2.05 bits per heavy atom. The molecule has 3 rings (SSSR count). The topological polar surface area (TPSA) is 56.7 Å². The van der Waals surface area contributed by atoms with Crippen LogP contribution in [0.3, 0.4) is 0 Å². The van der Waals surface area contributed by atoms with Crippen molar-refractivity contribution in [3.63, 3.8) is 0 Å². The molecule has 0 amide bonds. The van der Waals surface area contributed by atoms with E-state index in [1.807, 2.05) is 25.1 Å². The Morgan fingerprint density at radius 1 is 1.26 bits per heavy atom. The van der Waals surface area contributed by atoms with Crippen molar-refractivity contribution in [2.75, 3.05) is 5.73 Å². The van der Waals surface area contributed by atoms with Crippen LogP contribution in [0.4, 0.5) is 5.95 Å². The Kier molecular flexibility index (Phi) is 2.84. The molecular formula is C13H10Cl2N4. The second-order valence-corrected chi connectivity index (χ2v) is 5.02. The van der Waals surface area contributed by atoms with Gasteiger partial charge in [0.05, 0.1) is 15.7 Å². The number of nitrogen functional groups attached to an aromatic ring is 1. The van der Waals surface area contributed by atoms with Crippen molar-refractivity contribution in [2.45, 2.75) is 6.92 Å². The van der Waals surface area contributed by atoms with Crippen LogP contribution in [0, 0.1) is 6.92 Å². The van der Waals surface area contributed by atoms with E-state index in [0.29, 0.717) is 27.3 Å². The lowest BCUT2D eigenvalue weighted by Gasteiger charge is -2.08. The van der Waals surface area contributed by atoms with Crippen molar-refractivity contribution in [1.29, 1.82) is 0 Å². The molecule has 0 saturated heterocycles. The Labute approximate surface area is 119 Å². The molecule has 0 unspecified atom stereocenters. The third-order valence-corrected chi connectivity index (χ3v) is 3.64. The number of pyridine rings is 1. The summed E-state index contributed by atoms with van der Waals surface area (Å²) >= 11 is 12.3. The molecule has 0 fully saturated rings. The average Bonchev–Trinajstić information content (AvgIpc) is 2.68. The number of benzene rings is 1. The van der Waals surface area contributed by atoms with Crippen LogP contribution in [-0.4, -0.2) is 14.5 Å². The zero-order valence-corrected chi connectivity index (χ0v) is 11.6. The van der Waals surface area contributed by atoms with E-state index < -0.39 is 0 Å². The van der Waals surface area contributed by atoms with E-state index in [4.69, 9.17) is 28.9 Å². The van der Waals surface area contributed by atoms with Gasteiger partial charge in [-0.3, -0.25) is 4.57 Å². The van der Waals surface area contributed by atoms with Crippen molar-refractivity contribution >= 4 is 40.3 Å². The third-order valence-electron chi connectivity index (χ3n) is 2.83. The lowest BCUT2D eigenvalue weighted by Crippen LogP contribution is -2.02. The number of anilines is 1. The van der Waals surface area contributed by atoms with Gasteiger partial charge in [-0.25, -0.2) is 9.97 Å². The highest BCUT2D eigenvalue weighted by Gasteiger charge is 2.15. The number of rotatable bonds is 1. The smallest absolute Gasteiger partial charge is 0.207 e. The van der Waals surface area contributed by atoms with Gasteiger partial charge in [0.25, 0.3) is 0 Å². The first-order chi connectivity index (χ1) is 9.08. The van der Waals surface area contributed by atoms with E-state index in [1.165, 1.54) is 0 Å². The van der Waals surface area contributed by atoms with Gasteiger partial charge in [-0.05, 0) is 30.7 Å². The lowest BCUT2D eigenvalue weighted by atomic mass is 10.3. The van der Waals surface area contributed by atoms with Crippen LogP contribution in [-0.2, 0) is 0 Å². The molecule has 3 aromatic rings. The number of halogens is 2. The largest absolute Gasteiger partial charge is 0.369 e. The zero-order valence-electron chi connectivity index (χ0n) is 10.1. The monoisotopic (exact) mass is 292 g/mol. The molecule has 19 heavy (non-hydrogen) atoms. The number of nitrogens with zero attached hydrogens (tertiary/aromatic N) is 3. The summed E-state index contributed by atoms with van der Waals surface area (Å²) in [5, 5.41) is 0.894. The second kappa shape index (κ2) is 4.40. The Morgan fingerprint density at radius 3 is 2.84 bits per heavy atom. The molecule has 0 spiro atoms. The number of aryl methyl sites for hydroxylation is 1. The Bertz CT molecular complexity index is 780. The lowest BCUT2D eigenvalue weighted by molar-refractivity contribution is 1.08. The van der Waals surface area contributed by atoms with E-state index >= 15 is 0 Å². The van der Waals surface area contributed by atoms with Gasteiger partial charge in [0.2, 0.25) is 5.95 Å². The van der Waals surface area contributed by atoms with Crippen LogP contribution >= 0.6 is 23.2 Å². The molecule has 0 aliphatic rings. The molecule has 6 heteroatoms. The molecule has 0 atom stereocenters. The van der Waals surface area contributed by atoms with Crippen molar-refractivity contribution in [1.82, 2.24) is 14.5 Å². The van der Waals surface area contributed by atoms with Gasteiger partial charge in [0.1, 0.15) is 5.52 Å². The summed E-state index contributed by atoms with van der Waals surface area (Å²) in [6.07, 6.45) is 1.76. The van der Waals surface area contributed by atoms with E-state index in [-0.39, 0.29) is 0 Å². The Balaban J connectivity index is 2.36. The van der Waals surface area contributed by atoms with Crippen LogP contribution in [0.2, 0.25) is 10.0 Å². The van der Waals surface area contributed by atoms with E-state index in [0.717, 1.165) is 11.1 Å². The first-order valence-electron chi connectivity index (χ1n) is 5.63. The molecule has 1 aromatic carbocycles. The number of hydrogen-bond acceptors (Lipinski definition) is 3. The fourth-order valence-electron chi connectivity index (χ4n) is 1.99. The van der Waals surface area contributed by atoms with Crippen molar-refractivity contribution in [3.8, 4) is 5.69 Å². The summed E-state index contributed by atoms with van der Waals surface area (Å²) in [6.45, 7) is 1.95. The van der Waals surface area contributed by atoms with E-state index in [9.17, 15) is 0 Å². The zero-order chi connectivity index (χ0) is 13.6. The van der Waals surface area contributed by atoms with Gasteiger partial charge in [0.15, 0.2) is 5.65 Å². The van der Waals surface area contributed by atoms with Crippen LogP contribution in [0.1, 0.15) is 5.56 Å².